The summed E-state index contributed by atoms with van der Waals surface area (Å²) in [4.78, 5) is 35.2. The number of aliphatic hydroxyl groups excluding tert-OH is 1. The molecule has 0 aliphatic heterocycles. The van der Waals surface area contributed by atoms with Crippen LogP contribution in [0.1, 0.15) is 53.1 Å². The van der Waals surface area contributed by atoms with E-state index in [0.717, 1.165) is 36.8 Å². The second-order valence-corrected chi connectivity index (χ2v) is 9.52. The minimum Gasteiger partial charge on any atom is -0.481 e. The van der Waals surface area contributed by atoms with Gasteiger partial charge in [0.05, 0.1) is 6.61 Å². The quantitative estimate of drug-likeness (QED) is 0.465. The largest absolute Gasteiger partial charge is 0.481 e. The van der Waals surface area contributed by atoms with E-state index in [1.165, 1.54) is 4.90 Å². The number of rotatable bonds is 9. The molecule has 3 aromatic rings. The van der Waals surface area contributed by atoms with Gasteiger partial charge in [-0.25, -0.2) is 4.98 Å². The van der Waals surface area contributed by atoms with Crippen molar-refractivity contribution in [1.29, 1.82) is 0 Å². The van der Waals surface area contributed by atoms with Gasteiger partial charge in [0.15, 0.2) is 5.69 Å². The number of ether oxygens (including phenoxy) is 1. The molecule has 1 fully saturated rings. The monoisotopic (exact) mass is 495 g/mol. The molecule has 2 aromatic carbocycles. The lowest BCUT2D eigenvalue weighted by atomic mass is 9.76. The second kappa shape index (κ2) is 11.1. The zero-order valence-electron chi connectivity index (χ0n) is 19.8. The number of aromatic amines is 1. The Bertz CT molecular complexity index is 1210. The molecule has 7 nitrogen and oxygen atoms in total. The minimum absolute atomic E-state index is 0.0418. The molecule has 184 valence electrons. The van der Waals surface area contributed by atoms with E-state index in [1.54, 1.807) is 7.05 Å². The van der Waals surface area contributed by atoms with Gasteiger partial charge in [0.1, 0.15) is 12.4 Å². The fourth-order valence-electron chi connectivity index (χ4n) is 4.78. The third-order valence-electron chi connectivity index (χ3n) is 6.66. The molecule has 1 heterocycles. The van der Waals surface area contributed by atoms with Gasteiger partial charge in [0.25, 0.3) is 11.5 Å². The number of carbonyl (C=O) groups excluding carboxylic acids is 1. The van der Waals surface area contributed by atoms with Crippen LogP contribution in [-0.2, 0) is 18.4 Å². The summed E-state index contributed by atoms with van der Waals surface area (Å²) in [6.07, 6.45) is 4.57. The molecule has 0 bridgehead atoms. The molecular weight excluding hydrogens is 466 g/mol. The van der Waals surface area contributed by atoms with E-state index >= 15 is 0 Å². The average molecular weight is 496 g/mol. The lowest BCUT2D eigenvalue weighted by molar-refractivity contribution is 0.0754. The van der Waals surface area contributed by atoms with Gasteiger partial charge in [-0.2, -0.15) is 0 Å². The zero-order valence-corrected chi connectivity index (χ0v) is 20.6. The van der Waals surface area contributed by atoms with Crippen molar-refractivity contribution in [3.63, 3.8) is 0 Å². The molecule has 1 aliphatic rings. The fourth-order valence-corrected chi connectivity index (χ4v) is 4.90. The maximum atomic E-state index is 13.2. The molecule has 1 saturated carbocycles. The molecule has 35 heavy (non-hydrogen) atoms. The maximum absolute atomic E-state index is 13.2. The van der Waals surface area contributed by atoms with Crippen LogP contribution in [0.5, 0.6) is 5.75 Å². The highest BCUT2D eigenvalue weighted by Gasteiger charge is 2.37. The number of nitrogens with zero attached hydrogens (tertiary/aromatic N) is 2. The van der Waals surface area contributed by atoms with Crippen molar-refractivity contribution >= 4 is 17.5 Å². The van der Waals surface area contributed by atoms with Gasteiger partial charge in [-0.15, -0.1) is 0 Å². The van der Waals surface area contributed by atoms with Crippen molar-refractivity contribution < 1.29 is 14.6 Å². The van der Waals surface area contributed by atoms with E-state index in [4.69, 9.17) is 16.3 Å². The Kier molecular flexibility index (Phi) is 7.88. The number of hydrogen-bond donors (Lipinski definition) is 2. The number of nitrogens with one attached hydrogen (secondary N) is 1. The molecule has 2 N–H and O–H groups in total. The smallest absolute Gasteiger partial charge is 0.294 e. The maximum Gasteiger partial charge on any atom is 0.294 e. The Labute approximate surface area is 209 Å². The lowest BCUT2D eigenvalue weighted by Gasteiger charge is -2.29. The van der Waals surface area contributed by atoms with Crippen LogP contribution in [0.25, 0.3) is 0 Å². The number of benzene rings is 2. The Morgan fingerprint density at radius 1 is 1.14 bits per heavy atom. The normalized spacial score (nSPS) is 14.6. The van der Waals surface area contributed by atoms with Crippen LogP contribution in [-0.4, -0.2) is 46.1 Å². The summed E-state index contributed by atoms with van der Waals surface area (Å²) >= 11 is 6.11. The first-order chi connectivity index (χ1) is 16.9. The molecule has 0 spiro atoms. The molecule has 0 saturated heterocycles. The summed E-state index contributed by atoms with van der Waals surface area (Å²) in [5.41, 5.74) is 1.29. The van der Waals surface area contributed by atoms with Gasteiger partial charge < -0.3 is 19.7 Å². The van der Waals surface area contributed by atoms with Crippen molar-refractivity contribution in [1.82, 2.24) is 14.9 Å². The van der Waals surface area contributed by atoms with Gasteiger partial charge in [-0.05, 0) is 36.1 Å². The van der Waals surface area contributed by atoms with E-state index < -0.39 is 11.5 Å². The standard InChI is InChI=1S/C27H30ClN3O4/c1-31(15-16-32)26(34)23-24(35-18-19-7-3-2-4-8-19)25(33)30-22(29-23)17-27(13-5-6-14-27)20-9-11-21(28)12-10-20/h2-4,7-12,32H,5-6,13-18H2,1H3,(H,29,30,33). The molecule has 1 amide bonds. The van der Waals surface area contributed by atoms with E-state index in [1.807, 2.05) is 54.6 Å². The van der Waals surface area contributed by atoms with Crippen molar-refractivity contribution in [2.24, 2.45) is 0 Å². The number of carbonyl (C=O) groups is 1. The van der Waals surface area contributed by atoms with Crippen molar-refractivity contribution in [3.8, 4) is 5.75 Å². The minimum atomic E-state index is -0.490. The van der Waals surface area contributed by atoms with Gasteiger partial charge in [-0.3, -0.25) is 9.59 Å². The third kappa shape index (κ3) is 5.74. The van der Waals surface area contributed by atoms with Crippen molar-refractivity contribution in [3.05, 3.63) is 92.6 Å². The molecule has 4 rings (SSSR count). The number of amides is 1. The van der Waals surface area contributed by atoms with Crippen LogP contribution in [0, 0.1) is 0 Å². The number of H-pyrrole nitrogens is 1. The van der Waals surface area contributed by atoms with Gasteiger partial charge in [0.2, 0.25) is 5.75 Å². The third-order valence-corrected chi connectivity index (χ3v) is 6.91. The second-order valence-electron chi connectivity index (χ2n) is 9.09. The highest BCUT2D eigenvalue weighted by molar-refractivity contribution is 6.30. The summed E-state index contributed by atoms with van der Waals surface area (Å²) in [5, 5.41) is 9.98. The predicted molar refractivity (Wildman–Crippen MR) is 135 cm³/mol. The topological polar surface area (TPSA) is 95.5 Å². The van der Waals surface area contributed by atoms with Crippen LogP contribution < -0.4 is 10.3 Å². The molecule has 1 aliphatic carbocycles. The van der Waals surface area contributed by atoms with E-state index in [-0.39, 0.29) is 36.6 Å². The molecule has 0 atom stereocenters. The van der Waals surface area contributed by atoms with Crippen molar-refractivity contribution in [2.45, 2.75) is 44.1 Å². The Morgan fingerprint density at radius 2 is 1.83 bits per heavy atom. The Morgan fingerprint density at radius 3 is 2.49 bits per heavy atom. The molecule has 0 radical (unpaired) electrons. The summed E-state index contributed by atoms with van der Waals surface area (Å²) in [7, 11) is 1.56. The predicted octanol–water partition coefficient (Wildman–Crippen LogP) is 4.12. The average Bonchev–Trinajstić information content (AvgIpc) is 3.33. The van der Waals surface area contributed by atoms with Crippen LogP contribution in [0.4, 0.5) is 0 Å². The zero-order chi connectivity index (χ0) is 24.8. The molecule has 8 heteroatoms. The van der Waals surface area contributed by atoms with E-state index in [9.17, 15) is 14.7 Å². The summed E-state index contributed by atoms with van der Waals surface area (Å²) in [6, 6.07) is 17.2. The van der Waals surface area contributed by atoms with Gasteiger partial charge >= 0.3 is 0 Å². The first-order valence-electron chi connectivity index (χ1n) is 11.8. The molecule has 0 unspecified atom stereocenters. The number of aliphatic hydroxyl groups is 1. The number of likely N-dealkylation sites (N-methyl/N-ethyl adjacent to an activating group) is 1. The van der Waals surface area contributed by atoms with Crippen LogP contribution in [0.3, 0.4) is 0 Å². The summed E-state index contributed by atoms with van der Waals surface area (Å²) < 4.78 is 5.82. The summed E-state index contributed by atoms with van der Waals surface area (Å²) in [6.45, 7) is 0.0529. The van der Waals surface area contributed by atoms with E-state index in [0.29, 0.717) is 17.3 Å². The number of halogens is 1. The highest BCUT2D eigenvalue weighted by atomic mass is 35.5. The van der Waals surface area contributed by atoms with Crippen LogP contribution in [0.2, 0.25) is 5.02 Å². The van der Waals surface area contributed by atoms with Crippen LogP contribution >= 0.6 is 11.6 Å². The molecular formula is C27H30ClN3O4. The molecule has 1 aromatic heterocycles. The fraction of sp³-hybridized carbons (Fsp3) is 0.370. The number of hydrogen-bond acceptors (Lipinski definition) is 5. The lowest BCUT2D eigenvalue weighted by Crippen LogP contribution is -2.34. The van der Waals surface area contributed by atoms with Gasteiger partial charge in [-0.1, -0.05) is 66.9 Å². The Balaban J connectivity index is 1.70. The highest BCUT2D eigenvalue weighted by Crippen LogP contribution is 2.43. The first-order valence-corrected chi connectivity index (χ1v) is 12.2. The SMILES string of the molecule is CN(CCO)C(=O)c1nc(CC2(c3ccc(Cl)cc3)CCCC2)[nH]c(=O)c1OCc1ccccc1. The van der Waals surface area contributed by atoms with Crippen molar-refractivity contribution in [2.75, 3.05) is 20.2 Å². The van der Waals surface area contributed by atoms with Gasteiger partial charge in [0, 0.05) is 30.5 Å². The summed E-state index contributed by atoms with van der Waals surface area (Å²) in [5.74, 6) is -0.138. The Hall–Kier alpha value is -3.16. The van der Waals surface area contributed by atoms with Crippen LogP contribution in [0.15, 0.2) is 59.4 Å². The van der Waals surface area contributed by atoms with E-state index in [2.05, 4.69) is 9.97 Å². The number of aromatic nitrogens is 2. The first kappa shape index (κ1) is 24.9.